The van der Waals surface area contributed by atoms with Crippen LogP contribution in [0.1, 0.15) is 32.3 Å². The molecule has 0 bridgehead atoms. The van der Waals surface area contributed by atoms with Crippen molar-refractivity contribution in [3.8, 4) is 0 Å². The van der Waals surface area contributed by atoms with E-state index in [4.69, 9.17) is 4.74 Å². The number of halogens is 1. The summed E-state index contributed by atoms with van der Waals surface area (Å²) in [6.45, 7) is 10.1. The van der Waals surface area contributed by atoms with Crippen molar-refractivity contribution in [2.24, 2.45) is 0 Å². The first-order valence-corrected chi connectivity index (χ1v) is 9.26. The molecule has 2 aliphatic rings. The van der Waals surface area contributed by atoms with E-state index in [1.165, 1.54) is 36.0 Å². The van der Waals surface area contributed by atoms with Gasteiger partial charge in [-0.15, -0.1) is 0 Å². The smallest absolute Gasteiger partial charge is 0.0678 e. The molecule has 0 aliphatic carbocycles. The van der Waals surface area contributed by atoms with E-state index in [1.54, 1.807) is 0 Å². The standard InChI is InChI=1S/C18H27BrN2O/c1-14-11-21(12-15(2)22-14)18-6-8-20(9-7-18)13-16-4-3-5-17(19)10-16/h3-5,10,14-15,18H,6-9,11-13H2,1-2H3/t14-,15-/m1/s1. The van der Waals surface area contributed by atoms with Gasteiger partial charge in [-0.25, -0.2) is 0 Å². The number of ether oxygens (including phenoxy) is 1. The maximum absolute atomic E-state index is 5.86. The lowest BCUT2D eigenvalue weighted by atomic mass is 10.0. The molecule has 3 nitrogen and oxygen atoms in total. The first-order chi connectivity index (χ1) is 10.6. The first-order valence-electron chi connectivity index (χ1n) is 8.46. The Morgan fingerprint density at radius 3 is 2.45 bits per heavy atom. The predicted molar refractivity (Wildman–Crippen MR) is 94.0 cm³/mol. The minimum absolute atomic E-state index is 0.378. The molecule has 2 fully saturated rings. The van der Waals surface area contributed by atoms with E-state index >= 15 is 0 Å². The van der Waals surface area contributed by atoms with Crippen LogP contribution in [0.15, 0.2) is 28.7 Å². The lowest BCUT2D eigenvalue weighted by molar-refractivity contribution is -0.0865. The minimum Gasteiger partial charge on any atom is -0.373 e. The quantitative estimate of drug-likeness (QED) is 0.813. The van der Waals surface area contributed by atoms with Crippen molar-refractivity contribution in [2.45, 2.75) is 51.5 Å². The molecular weight excluding hydrogens is 340 g/mol. The molecule has 0 saturated carbocycles. The molecule has 2 atom stereocenters. The van der Waals surface area contributed by atoms with Crippen LogP contribution in [0.4, 0.5) is 0 Å². The lowest BCUT2D eigenvalue weighted by Gasteiger charge is -2.43. The maximum Gasteiger partial charge on any atom is 0.0678 e. The third kappa shape index (κ3) is 4.31. The highest BCUT2D eigenvalue weighted by Crippen LogP contribution is 2.23. The SMILES string of the molecule is C[C@@H]1CN(C2CCN(Cc3cccc(Br)c3)CC2)C[C@@H](C)O1. The molecule has 0 N–H and O–H groups in total. The van der Waals surface area contributed by atoms with Gasteiger partial charge in [0.15, 0.2) is 0 Å². The Kier molecular flexibility index (Phi) is 5.55. The second kappa shape index (κ2) is 7.43. The van der Waals surface area contributed by atoms with E-state index in [0.717, 1.165) is 25.7 Å². The molecule has 2 saturated heterocycles. The Bertz CT molecular complexity index is 478. The second-order valence-electron chi connectivity index (χ2n) is 6.85. The summed E-state index contributed by atoms with van der Waals surface area (Å²) < 4.78 is 7.04. The average molecular weight is 367 g/mol. The van der Waals surface area contributed by atoms with Crippen LogP contribution in [0.5, 0.6) is 0 Å². The maximum atomic E-state index is 5.86. The number of hydrogen-bond acceptors (Lipinski definition) is 3. The third-order valence-corrected chi connectivity index (χ3v) is 5.31. The van der Waals surface area contributed by atoms with Gasteiger partial charge in [0.25, 0.3) is 0 Å². The summed E-state index contributed by atoms with van der Waals surface area (Å²) in [7, 11) is 0. The van der Waals surface area contributed by atoms with Gasteiger partial charge in [-0.3, -0.25) is 9.80 Å². The van der Waals surface area contributed by atoms with Gasteiger partial charge in [-0.1, -0.05) is 28.1 Å². The van der Waals surface area contributed by atoms with Crippen molar-refractivity contribution in [1.29, 1.82) is 0 Å². The Hall–Kier alpha value is -0.420. The monoisotopic (exact) mass is 366 g/mol. The fraction of sp³-hybridized carbons (Fsp3) is 0.667. The van der Waals surface area contributed by atoms with Crippen molar-refractivity contribution in [3.05, 3.63) is 34.3 Å². The van der Waals surface area contributed by atoms with E-state index < -0.39 is 0 Å². The van der Waals surface area contributed by atoms with Crippen LogP contribution in [0.3, 0.4) is 0 Å². The van der Waals surface area contributed by atoms with Crippen LogP contribution in [0.25, 0.3) is 0 Å². The Labute approximate surface area is 142 Å². The van der Waals surface area contributed by atoms with E-state index in [9.17, 15) is 0 Å². The van der Waals surface area contributed by atoms with Crippen LogP contribution in [0, 0.1) is 0 Å². The normalized spacial score (nSPS) is 28.9. The van der Waals surface area contributed by atoms with Gasteiger partial charge in [0.1, 0.15) is 0 Å². The van der Waals surface area contributed by atoms with Gasteiger partial charge < -0.3 is 4.74 Å². The zero-order chi connectivity index (χ0) is 15.5. The Morgan fingerprint density at radius 1 is 1.14 bits per heavy atom. The summed E-state index contributed by atoms with van der Waals surface area (Å²) in [6.07, 6.45) is 3.33. The molecule has 3 rings (SSSR count). The summed E-state index contributed by atoms with van der Waals surface area (Å²) >= 11 is 3.56. The molecule has 0 aromatic heterocycles. The van der Waals surface area contributed by atoms with Crippen molar-refractivity contribution in [2.75, 3.05) is 26.2 Å². The zero-order valence-corrected chi connectivity index (χ0v) is 15.3. The van der Waals surface area contributed by atoms with Gasteiger partial charge in [0.2, 0.25) is 0 Å². The molecule has 0 amide bonds. The second-order valence-corrected chi connectivity index (χ2v) is 7.76. The molecule has 22 heavy (non-hydrogen) atoms. The van der Waals surface area contributed by atoms with E-state index in [2.05, 4.69) is 63.8 Å². The molecule has 1 aromatic rings. The number of nitrogens with zero attached hydrogens (tertiary/aromatic N) is 2. The van der Waals surface area contributed by atoms with Crippen LogP contribution >= 0.6 is 15.9 Å². The highest BCUT2D eigenvalue weighted by Gasteiger charge is 2.30. The van der Waals surface area contributed by atoms with Crippen LogP contribution < -0.4 is 0 Å². The van der Waals surface area contributed by atoms with E-state index in [0.29, 0.717) is 12.2 Å². The average Bonchev–Trinajstić information content (AvgIpc) is 2.47. The van der Waals surface area contributed by atoms with Crippen molar-refractivity contribution >= 4 is 15.9 Å². The van der Waals surface area contributed by atoms with Gasteiger partial charge in [0, 0.05) is 30.1 Å². The summed E-state index contributed by atoms with van der Waals surface area (Å²) in [6, 6.07) is 9.42. The fourth-order valence-corrected chi connectivity index (χ4v) is 4.30. The Morgan fingerprint density at radius 2 is 1.82 bits per heavy atom. The molecular formula is C18H27BrN2O. The molecule has 122 valence electrons. The summed E-state index contributed by atoms with van der Waals surface area (Å²) in [5.41, 5.74) is 1.40. The number of likely N-dealkylation sites (tertiary alicyclic amines) is 1. The molecule has 2 heterocycles. The minimum atomic E-state index is 0.378. The van der Waals surface area contributed by atoms with Crippen molar-refractivity contribution in [1.82, 2.24) is 9.80 Å². The van der Waals surface area contributed by atoms with Crippen molar-refractivity contribution < 1.29 is 4.74 Å². The molecule has 2 aliphatic heterocycles. The largest absolute Gasteiger partial charge is 0.373 e. The summed E-state index contributed by atoms with van der Waals surface area (Å²) in [5.74, 6) is 0. The number of benzene rings is 1. The summed E-state index contributed by atoms with van der Waals surface area (Å²) in [5, 5.41) is 0. The lowest BCUT2D eigenvalue weighted by Crippen LogP contribution is -2.53. The number of rotatable bonds is 3. The van der Waals surface area contributed by atoms with Crippen molar-refractivity contribution in [3.63, 3.8) is 0 Å². The fourth-order valence-electron chi connectivity index (χ4n) is 3.85. The van der Waals surface area contributed by atoms with Crippen LogP contribution in [-0.2, 0) is 11.3 Å². The first kappa shape index (κ1) is 16.4. The zero-order valence-electron chi connectivity index (χ0n) is 13.7. The van der Waals surface area contributed by atoms with Gasteiger partial charge in [0.05, 0.1) is 12.2 Å². The van der Waals surface area contributed by atoms with Crippen LogP contribution in [0.2, 0.25) is 0 Å². The highest BCUT2D eigenvalue weighted by atomic mass is 79.9. The van der Waals surface area contributed by atoms with Gasteiger partial charge >= 0.3 is 0 Å². The highest BCUT2D eigenvalue weighted by molar-refractivity contribution is 9.10. The molecule has 0 radical (unpaired) electrons. The number of morpholine rings is 1. The number of piperidine rings is 1. The Balaban J connectivity index is 1.50. The van der Waals surface area contributed by atoms with E-state index in [1.807, 2.05) is 0 Å². The third-order valence-electron chi connectivity index (χ3n) is 4.82. The molecule has 0 unspecified atom stereocenters. The van der Waals surface area contributed by atoms with E-state index in [-0.39, 0.29) is 0 Å². The van der Waals surface area contributed by atoms with Crippen LogP contribution in [-0.4, -0.2) is 54.2 Å². The van der Waals surface area contributed by atoms with Gasteiger partial charge in [-0.2, -0.15) is 0 Å². The summed E-state index contributed by atoms with van der Waals surface area (Å²) in [4.78, 5) is 5.25. The predicted octanol–water partition coefficient (Wildman–Crippen LogP) is 3.52. The number of hydrogen-bond donors (Lipinski definition) is 0. The molecule has 0 spiro atoms. The topological polar surface area (TPSA) is 15.7 Å². The molecule has 4 heteroatoms. The molecule has 1 aromatic carbocycles. The van der Waals surface area contributed by atoms with Gasteiger partial charge in [-0.05, 0) is 57.5 Å².